The lowest BCUT2D eigenvalue weighted by molar-refractivity contribution is 0.211. The maximum absolute atomic E-state index is 5.80. The Hall–Kier alpha value is -3.41. The minimum atomic E-state index is 0.411. The van der Waals surface area contributed by atoms with Crippen LogP contribution in [0, 0.1) is 0 Å². The lowest BCUT2D eigenvalue weighted by Gasteiger charge is -2.13. The first-order chi connectivity index (χ1) is 13.8. The van der Waals surface area contributed by atoms with Gasteiger partial charge in [-0.25, -0.2) is 4.98 Å². The summed E-state index contributed by atoms with van der Waals surface area (Å²) in [6, 6.07) is 19.1. The molecule has 6 nitrogen and oxygen atoms in total. The number of hydrogen-bond donors (Lipinski definition) is 1. The summed E-state index contributed by atoms with van der Waals surface area (Å²) in [5.41, 5.74) is 1.07. The average Bonchev–Trinajstić information content (AvgIpc) is 2.76. The number of rotatable bonds is 10. The molecule has 0 radical (unpaired) electrons. The summed E-state index contributed by atoms with van der Waals surface area (Å²) in [6.45, 7) is 1.49. The lowest BCUT2D eigenvalue weighted by Crippen LogP contribution is -2.10. The van der Waals surface area contributed by atoms with Crippen LogP contribution in [0.1, 0.15) is 5.56 Å². The molecule has 3 aromatic rings. The van der Waals surface area contributed by atoms with Crippen LogP contribution in [0.4, 0.5) is 5.82 Å². The van der Waals surface area contributed by atoms with E-state index in [4.69, 9.17) is 18.9 Å². The van der Waals surface area contributed by atoms with Gasteiger partial charge in [0.15, 0.2) is 11.5 Å². The molecule has 0 aliphatic rings. The molecule has 0 aliphatic carbocycles. The van der Waals surface area contributed by atoms with Gasteiger partial charge in [-0.3, -0.25) is 0 Å². The molecule has 0 saturated heterocycles. The normalized spacial score (nSPS) is 10.2. The molecule has 0 aliphatic heterocycles. The number of nitrogens with zero attached hydrogens (tertiary/aromatic N) is 1. The van der Waals surface area contributed by atoms with Crippen LogP contribution in [0.25, 0.3) is 0 Å². The maximum atomic E-state index is 5.80. The van der Waals surface area contributed by atoms with E-state index in [-0.39, 0.29) is 0 Å². The average molecular weight is 380 g/mol. The maximum Gasteiger partial charge on any atom is 0.161 e. The van der Waals surface area contributed by atoms with Crippen molar-refractivity contribution in [3.63, 3.8) is 0 Å². The van der Waals surface area contributed by atoms with Gasteiger partial charge in [0.2, 0.25) is 0 Å². The minimum absolute atomic E-state index is 0.411. The molecule has 0 unspecified atom stereocenters. The predicted octanol–water partition coefficient (Wildman–Crippen LogP) is 4.17. The van der Waals surface area contributed by atoms with Gasteiger partial charge in [-0.2, -0.15) is 0 Å². The number of hydrogen-bond acceptors (Lipinski definition) is 6. The molecule has 0 fully saturated rings. The van der Waals surface area contributed by atoms with Crippen molar-refractivity contribution >= 4 is 5.82 Å². The third-order valence-electron chi connectivity index (χ3n) is 4.04. The summed E-state index contributed by atoms with van der Waals surface area (Å²) >= 11 is 0. The number of aromatic nitrogens is 1. The summed E-state index contributed by atoms with van der Waals surface area (Å²) in [7, 11) is 3.27. The zero-order valence-corrected chi connectivity index (χ0v) is 16.1. The number of benzene rings is 2. The third kappa shape index (κ3) is 5.54. The van der Waals surface area contributed by atoms with Crippen LogP contribution in [-0.4, -0.2) is 32.4 Å². The number of anilines is 1. The molecular weight excluding hydrogens is 356 g/mol. The van der Waals surface area contributed by atoms with Gasteiger partial charge >= 0.3 is 0 Å². The number of ether oxygens (including phenoxy) is 4. The van der Waals surface area contributed by atoms with Crippen LogP contribution in [0.15, 0.2) is 66.9 Å². The third-order valence-corrected chi connectivity index (χ3v) is 4.04. The fourth-order valence-electron chi connectivity index (χ4n) is 2.58. The molecule has 0 amide bonds. The molecular formula is C22H24N2O4. The van der Waals surface area contributed by atoms with Gasteiger partial charge < -0.3 is 24.3 Å². The highest BCUT2D eigenvalue weighted by Gasteiger charge is 2.06. The molecule has 146 valence electrons. The topological polar surface area (TPSA) is 61.8 Å². The van der Waals surface area contributed by atoms with E-state index < -0.39 is 0 Å². The SMILES string of the molecule is COc1ccc(OCCOc2ccc(CNc3ccccn3)cc2OC)cc1. The molecule has 3 rings (SSSR count). The molecule has 0 spiro atoms. The largest absolute Gasteiger partial charge is 0.497 e. The van der Waals surface area contributed by atoms with Crippen LogP contribution >= 0.6 is 0 Å². The Balaban J connectivity index is 1.49. The summed E-state index contributed by atoms with van der Waals surface area (Å²) in [5.74, 6) is 3.77. The van der Waals surface area contributed by atoms with Crippen LogP contribution in [0.3, 0.4) is 0 Å². The Kier molecular flexibility index (Phi) is 6.95. The monoisotopic (exact) mass is 380 g/mol. The molecule has 28 heavy (non-hydrogen) atoms. The fraction of sp³-hybridized carbons (Fsp3) is 0.227. The standard InChI is InChI=1S/C22H24N2O4/c1-25-18-7-9-19(10-8-18)27-13-14-28-20-11-6-17(15-21(20)26-2)16-24-22-5-3-4-12-23-22/h3-12,15H,13-14,16H2,1-2H3,(H,23,24). The van der Waals surface area contributed by atoms with Crippen molar-refractivity contribution in [2.24, 2.45) is 0 Å². The van der Waals surface area contributed by atoms with E-state index in [1.807, 2.05) is 60.7 Å². The van der Waals surface area contributed by atoms with Crippen LogP contribution in [0.5, 0.6) is 23.0 Å². The van der Waals surface area contributed by atoms with E-state index in [2.05, 4.69) is 10.3 Å². The zero-order valence-electron chi connectivity index (χ0n) is 16.1. The fourth-order valence-corrected chi connectivity index (χ4v) is 2.58. The molecule has 0 atom stereocenters. The van der Waals surface area contributed by atoms with Gasteiger partial charge in [0.25, 0.3) is 0 Å². The Morgan fingerprint density at radius 2 is 1.57 bits per heavy atom. The molecule has 1 heterocycles. The van der Waals surface area contributed by atoms with Gasteiger partial charge in [0.1, 0.15) is 30.5 Å². The lowest BCUT2D eigenvalue weighted by atomic mass is 10.2. The van der Waals surface area contributed by atoms with Gasteiger partial charge in [-0.15, -0.1) is 0 Å². The number of pyridine rings is 1. The van der Waals surface area contributed by atoms with Crippen molar-refractivity contribution in [3.05, 3.63) is 72.4 Å². The molecule has 0 bridgehead atoms. The smallest absolute Gasteiger partial charge is 0.161 e. The minimum Gasteiger partial charge on any atom is -0.497 e. The Bertz CT molecular complexity index is 854. The van der Waals surface area contributed by atoms with Crippen LogP contribution < -0.4 is 24.3 Å². The molecule has 1 aromatic heterocycles. The van der Waals surface area contributed by atoms with E-state index in [0.717, 1.165) is 22.9 Å². The highest BCUT2D eigenvalue weighted by Crippen LogP contribution is 2.28. The van der Waals surface area contributed by atoms with Crippen LogP contribution in [0.2, 0.25) is 0 Å². The first kappa shape index (κ1) is 19.4. The van der Waals surface area contributed by atoms with E-state index >= 15 is 0 Å². The van der Waals surface area contributed by atoms with Crippen molar-refractivity contribution in [2.75, 3.05) is 32.8 Å². The van der Waals surface area contributed by atoms with Crippen LogP contribution in [-0.2, 0) is 6.54 Å². The van der Waals surface area contributed by atoms with E-state index in [1.165, 1.54) is 0 Å². The number of nitrogens with one attached hydrogen (secondary N) is 1. The van der Waals surface area contributed by atoms with Crippen molar-refractivity contribution in [2.45, 2.75) is 6.54 Å². The van der Waals surface area contributed by atoms with Crippen molar-refractivity contribution in [3.8, 4) is 23.0 Å². The van der Waals surface area contributed by atoms with Gasteiger partial charge in [-0.1, -0.05) is 12.1 Å². The molecule has 6 heteroatoms. The first-order valence-corrected chi connectivity index (χ1v) is 9.00. The highest BCUT2D eigenvalue weighted by molar-refractivity contribution is 5.44. The second-order valence-electron chi connectivity index (χ2n) is 5.93. The second-order valence-corrected chi connectivity index (χ2v) is 5.93. The van der Waals surface area contributed by atoms with Gasteiger partial charge in [0, 0.05) is 12.7 Å². The Morgan fingerprint density at radius 3 is 2.29 bits per heavy atom. The summed E-state index contributed by atoms with van der Waals surface area (Å²) in [5, 5.41) is 3.27. The first-order valence-electron chi connectivity index (χ1n) is 9.00. The summed E-state index contributed by atoms with van der Waals surface area (Å²) < 4.78 is 22.1. The van der Waals surface area contributed by atoms with E-state index in [1.54, 1.807) is 20.4 Å². The van der Waals surface area contributed by atoms with E-state index in [0.29, 0.717) is 31.3 Å². The molecule has 2 aromatic carbocycles. The Labute approximate surface area is 165 Å². The Morgan fingerprint density at radius 1 is 0.786 bits per heavy atom. The van der Waals surface area contributed by atoms with E-state index in [9.17, 15) is 0 Å². The van der Waals surface area contributed by atoms with Crippen molar-refractivity contribution in [1.29, 1.82) is 0 Å². The van der Waals surface area contributed by atoms with Crippen molar-refractivity contribution < 1.29 is 18.9 Å². The highest BCUT2D eigenvalue weighted by atomic mass is 16.5. The summed E-state index contributed by atoms with van der Waals surface area (Å²) in [4.78, 5) is 4.25. The molecule has 0 saturated carbocycles. The van der Waals surface area contributed by atoms with Gasteiger partial charge in [-0.05, 0) is 54.1 Å². The zero-order chi connectivity index (χ0) is 19.6. The second kappa shape index (κ2) is 10.1. The molecule has 1 N–H and O–H groups in total. The predicted molar refractivity (Wildman–Crippen MR) is 109 cm³/mol. The van der Waals surface area contributed by atoms with Crippen molar-refractivity contribution in [1.82, 2.24) is 4.98 Å². The summed E-state index contributed by atoms with van der Waals surface area (Å²) in [6.07, 6.45) is 1.76. The number of methoxy groups -OCH3 is 2. The van der Waals surface area contributed by atoms with Gasteiger partial charge in [0.05, 0.1) is 14.2 Å². The quantitative estimate of drug-likeness (QED) is 0.533.